The summed E-state index contributed by atoms with van der Waals surface area (Å²) in [5.41, 5.74) is 0. The molecule has 0 rings (SSSR count). The molecule has 0 spiro atoms. The topological polar surface area (TPSA) is 18.5 Å². The number of nitrogens with zero attached hydrogens (tertiary/aromatic N) is 2. The molecule has 0 fully saturated rings. The first-order valence-electron chi connectivity index (χ1n) is 8.90. The fourth-order valence-corrected chi connectivity index (χ4v) is 3.32. The predicted octanol–water partition coefficient (Wildman–Crippen LogP) is 5.18. The predicted molar refractivity (Wildman–Crippen MR) is 105 cm³/mol. The van der Waals surface area contributed by atoms with Crippen molar-refractivity contribution in [2.45, 2.75) is 119 Å². The average molecular weight is 334 g/mol. The smallest absolute Gasteiger partial charge is 0.0160 e. The molecule has 0 heterocycles. The zero-order valence-corrected chi connectivity index (χ0v) is 18.1. The lowest BCUT2D eigenvalue weighted by Crippen LogP contribution is -2.40. The minimum Gasteiger partial charge on any atom is -0.312 e. The number of hydrogen-bond acceptors (Lipinski definition) is 4. The lowest BCUT2D eigenvalue weighted by molar-refractivity contribution is 0.280. The van der Waals surface area contributed by atoms with Gasteiger partial charge in [0.15, 0.2) is 0 Å². The van der Waals surface area contributed by atoms with Gasteiger partial charge in [-0.2, -0.15) is 0 Å². The molecule has 0 radical (unpaired) electrons. The second kappa shape index (κ2) is 12.6. The summed E-state index contributed by atoms with van der Waals surface area (Å²) < 4.78 is 4.92. The molecule has 0 aliphatic rings. The molecular formula is C18H43N3S. The molecule has 3 nitrogen and oxygen atoms in total. The van der Waals surface area contributed by atoms with Crippen LogP contribution in [-0.2, 0) is 0 Å². The maximum Gasteiger partial charge on any atom is 0.0160 e. The van der Waals surface area contributed by atoms with Gasteiger partial charge in [-0.05, 0) is 55.4 Å². The molecule has 0 aromatic heterocycles. The maximum absolute atomic E-state index is 3.31. The SMILES string of the molecule is CC(C)N(SN(C(C)C)C(C)C)C(C)C.CC(C)NC(C)C. The Hall–Kier alpha value is 0.230. The van der Waals surface area contributed by atoms with E-state index in [1.807, 2.05) is 12.1 Å². The first-order chi connectivity index (χ1) is 9.89. The fraction of sp³-hybridized carbons (Fsp3) is 1.00. The third kappa shape index (κ3) is 12.7. The molecule has 0 bridgehead atoms. The van der Waals surface area contributed by atoms with Gasteiger partial charge in [-0.15, -0.1) is 0 Å². The van der Waals surface area contributed by atoms with Crippen LogP contribution in [0.3, 0.4) is 0 Å². The Balaban J connectivity index is 0. The van der Waals surface area contributed by atoms with Gasteiger partial charge in [0, 0.05) is 48.4 Å². The summed E-state index contributed by atoms with van der Waals surface area (Å²) in [6.45, 7) is 26.7. The Bertz CT molecular complexity index is 211. The van der Waals surface area contributed by atoms with Gasteiger partial charge in [0.25, 0.3) is 0 Å². The Morgan fingerprint density at radius 1 is 0.500 bits per heavy atom. The van der Waals surface area contributed by atoms with Gasteiger partial charge in [-0.3, -0.25) is 0 Å². The van der Waals surface area contributed by atoms with Gasteiger partial charge in [0.2, 0.25) is 0 Å². The average Bonchev–Trinajstić information content (AvgIpc) is 2.25. The van der Waals surface area contributed by atoms with Crippen molar-refractivity contribution in [3.63, 3.8) is 0 Å². The van der Waals surface area contributed by atoms with Crippen LogP contribution in [0, 0.1) is 0 Å². The zero-order chi connectivity index (χ0) is 18.0. The molecule has 136 valence electrons. The normalized spacial score (nSPS) is 12.5. The summed E-state index contributed by atoms with van der Waals surface area (Å²) in [6.07, 6.45) is 0. The third-order valence-corrected chi connectivity index (χ3v) is 4.95. The minimum atomic E-state index is 0.579. The van der Waals surface area contributed by atoms with E-state index >= 15 is 0 Å². The summed E-state index contributed by atoms with van der Waals surface area (Å²) in [5, 5.41) is 3.31. The summed E-state index contributed by atoms with van der Waals surface area (Å²) in [7, 11) is 0. The second-order valence-electron chi connectivity index (χ2n) is 7.65. The van der Waals surface area contributed by atoms with Crippen molar-refractivity contribution in [1.82, 2.24) is 13.9 Å². The molecule has 0 saturated heterocycles. The first kappa shape index (κ1) is 24.5. The summed E-state index contributed by atoms with van der Waals surface area (Å²) in [6, 6.07) is 3.56. The van der Waals surface area contributed by atoms with Crippen LogP contribution in [0.4, 0.5) is 0 Å². The van der Waals surface area contributed by atoms with E-state index in [0.717, 1.165) is 0 Å². The van der Waals surface area contributed by atoms with E-state index in [0.29, 0.717) is 36.3 Å². The van der Waals surface area contributed by atoms with Crippen LogP contribution < -0.4 is 5.32 Å². The summed E-state index contributed by atoms with van der Waals surface area (Å²) in [5.74, 6) is 0. The van der Waals surface area contributed by atoms with Crippen molar-refractivity contribution >= 4 is 12.1 Å². The third-order valence-electron chi connectivity index (χ3n) is 2.89. The number of rotatable bonds is 8. The van der Waals surface area contributed by atoms with Crippen LogP contribution in [0.15, 0.2) is 0 Å². The molecule has 0 amide bonds. The first-order valence-corrected chi connectivity index (χ1v) is 9.63. The molecule has 1 N–H and O–H groups in total. The molecule has 0 aliphatic carbocycles. The van der Waals surface area contributed by atoms with E-state index in [4.69, 9.17) is 0 Å². The largest absolute Gasteiger partial charge is 0.312 e. The highest BCUT2D eigenvalue weighted by Gasteiger charge is 2.22. The van der Waals surface area contributed by atoms with Crippen LogP contribution in [0.1, 0.15) is 83.1 Å². The molecule has 0 saturated carbocycles. The van der Waals surface area contributed by atoms with Crippen molar-refractivity contribution in [3.05, 3.63) is 0 Å². The summed E-state index contributed by atoms with van der Waals surface area (Å²) in [4.78, 5) is 0. The van der Waals surface area contributed by atoms with Crippen molar-refractivity contribution in [2.24, 2.45) is 0 Å². The second-order valence-corrected chi connectivity index (χ2v) is 8.66. The van der Waals surface area contributed by atoms with E-state index < -0.39 is 0 Å². The van der Waals surface area contributed by atoms with Crippen LogP contribution in [0.5, 0.6) is 0 Å². The Kier molecular flexibility index (Phi) is 14.1. The highest BCUT2D eigenvalue weighted by molar-refractivity contribution is 7.94. The lowest BCUT2D eigenvalue weighted by atomic mass is 10.3. The van der Waals surface area contributed by atoms with E-state index in [9.17, 15) is 0 Å². The van der Waals surface area contributed by atoms with E-state index in [2.05, 4.69) is 97.0 Å². The van der Waals surface area contributed by atoms with Crippen LogP contribution >= 0.6 is 12.1 Å². The quantitative estimate of drug-likeness (QED) is 0.617. The fourth-order valence-electron chi connectivity index (χ4n) is 2.35. The van der Waals surface area contributed by atoms with Gasteiger partial charge in [0.05, 0.1) is 0 Å². The summed E-state index contributed by atoms with van der Waals surface area (Å²) >= 11 is 1.89. The van der Waals surface area contributed by atoms with Gasteiger partial charge < -0.3 is 5.32 Å². The van der Waals surface area contributed by atoms with E-state index in [1.54, 1.807) is 0 Å². The maximum atomic E-state index is 3.31. The van der Waals surface area contributed by atoms with Gasteiger partial charge >= 0.3 is 0 Å². The van der Waals surface area contributed by atoms with Gasteiger partial charge in [0.1, 0.15) is 0 Å². The molecular weight excluding hydrogens is 290 g/mol. The molecule has 0 unspecified atom stereocenters. The monoisotopic (exact) mass is 333 g/mol. The van der Waals surface area contributed by atoms with Crippen LogP contribution in [0.25, 0.3) is 0 Å². The Morgan fingerprint density at radius 2 is 0.727 bits per heavy atom. The van der Waals surface area contributed by atoms with Gasteiger partial charge in [-0.1, -0.05) is 27.7 Å². The molecule has 22 heavy (non-hydrogen) atoms. The molecule has 4 heteroatoms. The van der Waals surface area contributed by atoms with Crippen molar-refractivity contribution < 1.29 is 0 Å². The standard InChI is InChI=1S/C12H28N2S.C6H15N/c1-9(2)13(10(3)4)15-14(11(5)6)12(7)8;1-5(2)7-6(3)4/h9-12H,1-8H3;5-7H,1-4H3. The zero-order valence-electron chi connectivity index (χ0n) is 17.3. The van der Waals surface area contributed by atoms with Crippen LogP contribution in [-0.4, -0.2) is 44.9 Å². The molecule has 0 aromatic carbocycles. The number of hydrogen-bond donors (Lipinski definition) is 1. The lowest BCUT2D eigenvalue weighted by Gasteiger charge is -2.37. The highest BCUT2D eigenvalue weighted by Crippen LogP contribution is 2.26. The van der Waals surface area contributed by atoms with E-state index in [-0.39, 0.29) is 0 Å². The Morgan fingerprint density at radius 3 is 0.818 bits per heavy atom. The van der Waals surface area contributed by atoms with Crippen molar-refractivity contribution in [1.29, 1.82) is 0 Å². The Labute approximate surface area is 145 Å². The highest BCUT2D eigenvalue weighted by atomic mass is 32.2. The van der Waals surface area contributed by atoms with E-state index in [1.165, 1.54) is 0 Å². The molecule has 0 aliphatic heterocycles. The molecule has 0 atom stereocenters. The van der Waals surface area contributed by atoms with Crippen molar-refractivity contribution in [2.75, 3.05) is 0 Å². The van der Waals surface area contributed by atoms with Crippen molar-refractivity contribution in [3.8, 4) is 0 Å². The van der Waals surface area contributed by atoms with Crippen LogP contribution in [0.2, 0.25) is 0 Å². The van der Waals surface area contributed by atoms with Gasteiger partial charge in [-0.25, -0.2) is 8.61 Å². The number of nitrogens with one attached hydrogen (secondary N) is 1. The minimum absolute atomic E-state index is 0.579. The molecule has 0 aromatic rings.